The maximum atomic E-state index is 12.1. The first kappa shape index (κ1) is 12.9. The number of benzene rings is 1. The summed E-state index contributed by atoms with van der Waals surface area (Å²) in [4.78, 5) is 12.1. The lowest BCUT2D eigenvalue weighted by Gasteiger charge is -2.22. The molecule has 1 atom stereocenters. The quantitative estimate of drug-likeness (QED) is 0.852. The summed E-state index contributed by atoms with van der Waals surface area (Å²) in [6, 6.07) is 5.03. The normalized spacial score (nSPS) is 20.2. The largest absolute Gasteiger partial charge is 0.316 e. The summed E-state index contributed by atoms with van der Waals surface area (Å²) >= 11 is 11.9. The Hall–Kier alpha value is -0.570. The SMILES string of the molecule is O=C(CC1CCCNC1)c1cc(Cl)ccc1Cl. The molecule has 1 fully saturated rings. The number of carbonyl (C=O) groups excluding carboxylic acids is 1. The van der Waals surface area contributed by atoms with Gasteiger partial charge in [-0.2, -0.15) is 0 Å². The van der Waals surface area contributed by atoms with E-state index in [9.17, 15) is 4.79 Å². The Balaban J connectivity index is 2.05. The van der Waals surface area contributed by atoms with Crippen LogP contribution in [0.5, 0.6) is 0 Å². The zero-order valence-electron chi connectivity index (χ0n) is 9.51. The zero-order chi connectivity index (χ0) is 12.3. The molecular formula is C13H15Cl2NO. The van der Waals surface area contributed by atoms with Crippen molar-refractivity contribution in [1.82, 2.24) is 5.32 Å². The molecule has 2 nitrogen and oxygen atoms in total. The van der Waals surface area contributed by atoms with Crippen molar-refractivity contribution in [3.8, 4) is 0 Å². The van der Waals surface area contributed by atoms with Crippen LogP contribution in [0.2, 0.25) is 10.0 Å². The summed E-state index contributed by atoms with van der Waals surface area (Å²) in [5, 5.41) is 4.35. The highest BCUT2D eigenvalue weighted by atomic mass is 35.5. The minimum absolute atomic E-state index is 0.0891. The molecule has 0 saturated carbocycles. The van der Waals surface area contributed by atoms with Crippen molar-refractivity contribution in [2.24, 2.45) is 5.92 Å². The third-order valence-corrected chi connectivity index (χ3v) is 3.67. The Morgan fingerprint density at radius 3 is 2.94 bits per heavy atom. The lowest BCUT2D eigenvalue weighted by Crippen LogP contribution is -2.31. The number of ketones is 1. The number of piperidine rings is 1. The van der Waals surface area contributed by atoms with Gasteiger partial charge >= 0.3 is 0 Å². The molecule has 0 bridgehead atoms. The van der Waals surface area contributed by atoms with Gasteiger partial charge in [0.1, 0.15) is 0 Å². The first-order chi connectivity index (χ1) is 8.16. The summed E-state index contributed by atoms with van der Waals surface area (Å²) in [6.45, 7) is 1.98. The molecule has 2 rings (SSSR count). The Morgan fingerprint density at radius 2 is 2.24 bits per heavy atom. The molecule has 1 unspecified atom stereocenters. The molecule has 0 amide bonds. The molecular weight excluding hydrogens is 257 g/mol. The van der Waals surface area contributed by atoms with Gasteiger partial charge in [0.25, 0.3) is 0 Å². The van der Waals surface area contributed by atoms with E-state index in [2.05, 4.69) is 5.32 Å². The lowest BCUT2D eigenvalue weighted by molar-refractivity contribution is 0.0954. The van der Waals surface area contributed by atoms with Crippen molar-refractivity contribution in [2.45, 2.75) is 19.3 Å². The number of nitrogens with one attached hydrogen (secondary N) is 1. The van der Waals surface area contributed by atoms with Crippen molar-refractivity contribution in [2.75, 3.05) is 13.1 Å². The lowest BCUT2D eigenvalue weighted by atomic mass is 9.92. The molecule has 0 aliphatic carbocycles. The van der Waals surface area contributed by atoms with E-state index in [4.69, 9.17) is 23.2 Å². The van der Waals surface area contributed by atoms with Crippen LogP contribution in [0.1, 0.15) is 29.6 Å². The van der Waals surface area contributed by atoms with Crippen molar-refractivity contribution in [3.63, 3.8) is 0 Å². The third kappa shape index (κ3) is 3.44. The Labute approximate surface area is 111 Å². The predicted molar refractivity (Wildman–Crippen MR) is 71.0 cm³/mol. The van der Waals surface area contributed by atoms with Crippen LogP contribution >= 0.6 is 23.2 Å². The van der Waals surface area contributed by atoms with E-state index in [0.29, 0.717) is 27.9 Å². The molecule has 1 aliphatic rings. The van der Waals surface area contributed by atoms with Crippen molar-refractivity contribution in [1.29, 1.82) is 0 Å². The van der Waals surface area contributed by atoms with Gasteiger partial charge in [0.2, 0.25) is 0 Å². The Morgan fingerprint density at radius 1 is 1.41 bits per heavy atom. The molecule has 0 radical (unpaired) electrons. The van der Waals surface area contributed by atoms with Crippen LogP contribution in [-0.4, -0.2) is 18.9 Å². The fourth-order valence-corrected chi connectivity index (χ4v) is 2.58. The standard InChI is InChI=1S/C13H15Cl2NO/c14-10-3-4-12(15)11(7-10)13(17)6-9-2-1-5-16-8-9/h3-4,7,9,16H,1-2,5-6,8H2. The van der Waals surface area contributed by atoms with Gasteiger partial charge in [0, 0.05) is 17.0 Å². The average Bonchev–Trinajstić information content (AvgIpc) is 2.33. The second kappa shape index (κ2) is 5.85. The first-order valence-electron chi connectivity index (χ1n) is 5.86. The minimum Gasteiger partial charge on any atom is -0.316 e. The van der Waals surface area contributed by atoms with Gasteiger partial charge in [-0.25, -0.2) is 0 Å². The molecule has 1 N–H and O–H groups in total. The maximum Gasteiger partial charge on any atom is 0.164 e. The molecule has 1 aromatic carbocycles. The van der Waals surface area contributed by atoms with Gasteiger partial charge < -0.3 is 5.32 Å². The van der Waals surface area contributed by atoms with Crippen LogP contribution < -0.4 is 5.32 Å². The van der Waals surface area contributed by atoms with Crippen molar-refractivity contribution in [3.05, 3.63) is 33.8 Å². The van der Waals surface area contributed by atoms with Crippen LogP contribution in [0.4, 0.5) is 0 Å². The highest BCUT2D eigenvalue weighted by molar-refractivity contribution is 6.35. The topological polar surface area (TPSA) is 29.1 Å². The van der Waals surface area contributed by atoms with E-state index in [1.807, 2.05) is 0 Å². The molecule has 0 spiro atoms. The number of carbonyl (C=O) groups is 1. The number of rotatable bonds is 3. The van der Waals surface area contributed by atoms with Gasteiger partial charge in [-0.3, -0.25) is 4.79 Å². The van der Waals surface area contributed by atoms with Gasteiger partial charge in [-0.05, 0) is 50.0 Å². The number of Topliss-reactive ketones (excluding diaryl/α,β-unsaturated/α-hetero) is 1. The van der Waals surface area contributed by atoms with Crippen LogP contribution in [0.3, 0.4) is 0 Å². The Kier molecular flexibility index (Phi) is 4.43. The summed E-state index contributed by atoms with van der Waals surface area (Å²) in [5.41, 5.74) is 0.546. The molecule has 1 aliphatic heterocycles. The molecule has 1 aromatic rings. The molecule has 1 heterocycles. The highest BCUT2D eigenvalue weighted by Crippen LogP contribution is 2.24. The third-order valence-electron chi connectivity index (χ3n) is 3.10. The van der Waals surface area contributed by atoms with Gasteiger partial charge in [-0.1, -0.05) is 23.2 Å². The smallest absolute Gasteiger partial charge is 0.164 e. The van der Waals surface area contributed by atoms with Crippen LogP contribution in [-0.2, 0) is 0 Å². The molecule has 4 heteroatoms. The average molecular weight is 272 g/mol. The number of hydrogen-bond acceptors (Lipinski definition) is 2. The number of halogens is 2. The minimum atomic E-state index is 0.0891. The second-order valence-corrected chi connectivity index (χ2v) is 5.31. The molecule has 17 heavy (non-hydrogen) atoms. The van der Waals surface area contributed by atoms with E-state index in [1.165, 1.54) is 0 Å². The van der Waals surface area contributed by atoms with Gasteiger partial charge in [-0.15, -0.1) is 0 Å². The number of hydrogen-bond donors (Lipinski definition) is 1. The van der Waals surface area contributed by atoms with E-state index in [0.717, 1.165) is 25.9 Å². The van der Waals surface area contributed by atoms with Gasteiger partial charge in [0.05, 0.1) is 5.02 Å². The Bertz CT molecular complexity index is 414. The first-order valence-corrected chi connectivity index (χ1v) is 6.61. The summed E-state index contributed by atoms with van der Waals surface area (Å²) in [5.74, 6) is 0.512. The molecule has 1 saturated heterocycles. The fraction of sp³-hybridized carbons (Fsp3) is 0.462. The maximum absolute atomic E-state index is 12.1. The second-order valence-electron chi connectivity index (χ2n) is 4.46. The summed E-state index contributed by atoms with van der Waals surface area (Å²) in [7, 11) is 0. The van der Waals surface area contributed by atoms with E-state index < -0.39 is 0 Å². The van der Waals surface area contributed by atoms with Crippen LogP contribution in [0, 0.1) is 5.92 Å². The van der Waals surface area contributed by atoms with E-state index >= 15 is 0 Å². The predicted octanol–water partition coefficient (Wildman–Crippen LogP) is 3.57. The fourth-order valence-electron chi connectivity index (χ4n) is 2.18. The van der Waals surface area contributed by atoms with Crippen molar-refractivity contribution < 1.29 is 4.79 Å². The van der Waals surface area contributed by atoms with Crippen LogP contribution in [0.15, 0.2) is 18.2 Å². The van der Waals surface area contributed by atoms with Crippen LogP contribution in [0.25, 0.3) is 0 Å². The molecule has 0 aromatic heterocycles. The highest BCUT2D eigenvalue weighted by Gasteiger charge is 2.19. The van der Waals surface area contributed by atoms with E-state index in [-0.39, 0.29) is 5.78 Å². The summed E-state index contributed by atoms with van der Waals surface area (Å²) in [6.07, 6.45) is 2.80. The molecule has 92 valence electrons. The monoisotopic (exact) mass is 271 g/mol. The van der Waals surface area contributed by atoms with Crippen molar-refractivity contribution >= 4 is 29.0 Å². The van der Waals surface area contributed by atoms with Gasteiger partial charge in [0.15, 0.2) is 5.78 Å². The summed E-state index contributed by atoms with van der Waals surface area (Å²) < 4.78 is 0. The zero-order valence-corrected chi connectivity index (χ0v) is 11.0. The van der Waals surface area contributed by atoms with E-state index in [1.54, 1.807) is 18.2 Å².